The monoisotopic (exact) mass is 229 g/mol. The Bertz CT molecular complexity index is 239. The molecule has 16 heavy (non-hydrogen) atoms. The highest BCUT2D eigenvalue weighted by Gasteiger charge is 2.20. The molecule has 92 valence electrons. The van der Waals surface area contributed by atoms with Crippen molar-refractivity contribution >= 4 is 11.8 Å². The van der Waals surface area contributed by atoms with E-state index in [-0.39, 0.29) is 17.9 Å². The first-order valence-corrected chi connectivity index (χ1v) is 5.59. The van der Waals surface area contributed by atoms with E-state index in [1.807, 2.05) is 6.92 Å². The fraction of sp³-hybridized carbons (Fsp3) is 0.800. The molecule has 1 heterocycles. The minimum Gasteiger partial charge on any atom is -0.378 e. The third-order valence-electron chi connectivity index (χ3n) is 2.26. The van der Waals surface area contributed by atoms with Gasteiger partial charge in [0.15, 0.2) is 0 Å². The van der Waals surface area contributed by atoms with Crippen LogP contribution in [0.15, 0.2) is 0 Å². The third kappa shape index (κ3) is 4.59. The minimum atomic E-state index is -0.289. The zero-order chi connectivity index (χ0) is 11.8. The number of morpholine rings is 1. The van der Waals surface area contributed by atoms with E-state index < -0.39 is 0 Å². The summed E-state index contributed by atoms with van der Waals surface area (Å²) in [4.78, 5) is 22.7. The number of carbonyl (C=O) groups is 2. The molecule has 0 aromatic heterocycles. The van der Waals surface area contributed by atoms with E-state index in [4.69, 9.17) is 4.74 Å². The Kier molecular flexibility index (Phi) is 5.81. The molecule has 0 aliphatic carbocycles. The molecule has 6 nitrogen and oxygen atoms in total. The predicted molar refractivity (Wildman–Crippen MR) is 58.9 cm³/mol. The summed E-state index contributed by atoms with van der Waals surface area (Å²) < 4.78 is 5.17. The van der Waals surface area contributed by atoms with Gasteiger partial charge in [-0.2, -0.15) is 0 Å². The molecule has 1 atom stereocenters. The second-order valence-electron chi connectivity index (χ2n) is 3.58. The second-order valence-corrected chi connectivity index (χ2v) is 3.58. The highest BCUT2D eigenvalue weighted by Crippen LogP contribution is 1.92. The summed E-state index contributed by atoms with van der Waals surface area (Å²) in [5, 5.41) is 8.41. The number of nitrogens with one attached hydrogen (secondary N) is 3. The van der Waals surface area contributed by atoms with E-state index in [0.717, 1.165) is 0 Å². The molecule has 1 saturated heterocycles. The molecule has 2 amide bonds. The van der Waals surface area contributed by atoms with E-state index >= 15 is 0 Å². The summed E-state index contributed by atoms with van der Waals surface area (Å²) in [6, 6.07) is -0.289. The molecule has 1 unspecified atom stereocenters. The van der Waals surface area contributed by atoms with Gasteiger partial charge in [0.05, 0.1) is 13.2 Å². The number of hydrogen-bond acceptors (Lipinski definition) is 4. The molecule has 0 spiro atoms. The molecular weight excluding hydrogens is 210 g/mol. The molecule has 0 aromatic carbocycles. The Morgan fingerprint density at radius 1 is 1.44 bits per heavy atom. The number of hydrogen-bond donors (Lipinski definition) is 3. The van der Waals surface area contributed by atoms with E-state index in [0.29, 0.717) is 39.3 Å². The van der Waals surface area contributed by atoms with Gasteiger partial charge >= 0.3 is 0 Å². The van der Waals surface area contributed by atoms with Crippen LogP contribution in [0.5, 0.6) is 0 Å². The van der Waals surface area contributed by atoms with Crippen molar-refractivity contribution in [2.24, 2.45) is 0 Å². The summed E-state index contributed by atoms with van der Waals surface area (Å²) in [7, 11) is 0. The fourth-order valence-electron chi connectivity index (χ4n) is 1.44. The molecule has 1 fully saturated rings. The predicted octanol–water partition coefficient (Wildman–Crippen LogP) is -1.38. The molecule has 0 aromatic rings. The molecule has 1 rings (SSSR count). The maximum absolute atomic E-state index is 11.6. The molecule has 1 aliphatic heterocycles. The number of ether oxygens (including phenoxy) is 1. The Balaban J connectivity index is 2.12. The average Bonchev–Trinajstić information content (AvgIpc) is 2.30. The van der Waals surface area contributed by atoms with E-state index in [2.05, 4.69) is 16.0 Å². The van der Waals surface area contributed by atoms with Crippen molar-refractivity contribution in [1.29, 1.82) is 0 Å². The van der Waals surface area contributed by atoms with Gasteiger partial charge in [0.2, 0.25) is 11.8 Å². The van der Waals surface area contributed by atoms with Gasteiger partial charge in [-0.3, -0.25) is 9.59 Å². The molecular formula is C10H19N3O3. The molecule has 3 N–H and O–H groups in total. The van der Waals surface area contributed by atoms with Crippen molar-refractivity contribution in [3.63, 3.8) is 0 Å². The Morgan fingerprint density at radius 3 is 2.88 bits per heavy atom. The number of amides is 2. The summed E-state index contributed by atoms with van der Waals surface area (Å²) >= 11 is 0. The molecule has 0 radical (unpaired) electrons. The fourth-order valence-corrected chi connectivity index (χ4v) is 1.44. The first kappa shape index (κ1) is 12.9. The van der Waals surface area contributed by atoms with Crippen LogP contribution in [0.2, 0.25) is 0 Å². The van der Waals surface area contributed by atoms with Gasteiger partial charge in [-0.1, -0.05) is 0 Å². The van der Waals surface area contributed by atoms with Gasteiger partial charge in [0.25, 0.3) is 0 Å². The average molecular weight is 229 g/mol. The minimum absolute atomic E-state index is 0.0457. The van der Waals surface area contributed by atoms with Gasteiger partial charge in [0.1, 0.15) is 6.04 Å². The van der Waals surface area contributed by atoms with Gasteiger partial charge < -0.3 is 20.7 Å². The van der Waals surface area contributed by atoms with Crippen molar-refractivity contribution in [3.8, 4) is 0 Å². The van der Waals surface area contributed by atoms with Crippen LogP contribution >= 0.6 is 0 Å². The topological polar surface area (TPSA) is 79.5 Å². The maximum atomic E-state index is 11.6. The largest absolute Gasteiger partial charge is 0.378 e. The quantitative estimate of drug-likeness (QED) is 0.543. The van der Waals surface area contributed by atoms with Crippen molar-refractivity contribution in [2.75, 3.05) is 32.8 Å². The van der Waals surface area contributed by atoms with E-state index in [1.54, 1.807) is 0 Å². The van der Waals surface area contributed by atoms with Crippen LogP contribution in [0.3, 0.4) is 0 Å². The summed E-state index contributed by atoms with van der Waals surface area (Å²) in [5.74, 6) is -0.153. The summed E-state index contributed by atoms with van der Waals surface area (Å²) in [6.45, 7) is 4.57. The Morgan fingerprint density at radius 2 is 2.25 bits per heavy atom. The highest BCUT2D eigenvalue weighted by atomic mass is 16.5. The first-order valence-electron chi connectivity index (χ1n) is 5.59. The highest BCUT2D eigenvalue weighted by molar-refractivity contribution is 5.83. The van der Waals surface area contributed by atoms with Gasteiger partial charge in [0, 0.05) is 26.1 Å². The van der Waals surface area contributed by atoms with Gasteiger partial charge in [-0.25, -0.2) is 0 Å². The van der Waals surface area contributed by atoms with Crippen LogP contribution in [0, 0.1) is 0 Å². The van der Waals surface area contributed by atoms with Crippen LogP contribution in [-0.2, 0) is 14.3 Å². The Hall–Kier alpha value is -1.14. The SMILES string of the molecule is CCNC(=O)CCNC(=O)C1COCCN1. The summed E-state index contributed by atoms with van der Waals surface area (Å²) in [6.07, 6.45) is 0.313. The maximum Gasteiger partial charge on any atom is 0.239 e. The molecule has 0 bridgehead atoms. The van der Waals surface area contributed by atoms with Gasteiger partial charge in [-0.05, 0) is 6.92 Å². The molecule has 1 aliphatic rings. The van der Waals surface area contributed by atoms with E-state index in [1.165, 1.54) is 0 Å². The first-order chi connectivity index (χ1) is 7.74. The number of carbonyl (C=O) groups excluding carboxylic acids is 2. The van der Waals surface area contributed by atoms with Crippen LogP contribution in [0.4, 0.5) is 0 Å². The van der Waals surface area contributed by atoms with Crippen molar-refractivity contribution in [2.45, 2.75) is 19.4 Å². The summed E-state index contributed by atoms with van der Waals surface area (Å²) in [5.41, 5.74) is 0. The zero-order valence-electron chi connectivity index (χ0n) is 9.54. The lowest BCUT2D eigenvalue weighted by atomic mass is 10.2. The Labute approximate surface area is 95.1 Å². The number of rotatable bonds is 5. The molecule has 6 heteroatoms. The van der Waals surface area contributed by atoms with Crippen LogP contribution in [-0.4, -0.2) is 50.7 Å². The third-order valence-corrected chi connectivity index (χ3v) is 2.26. The van der Waals surface area contributed by atoms with Crippen LogP contribution < -0.4 is 16.0 Å². The second kappa shape index (κ2) is 7.19. The van der Waals surface area contributed by atoms with Crippen molar-refractivity contribution < 1.29 is 14.3 Å². The van der Waals surface area contributed by atoms with E-state index in [9.17, 15) is 9.59 Å². The lowest BCUT2D eigenvalue weighted by molar-refractivity contribution is -0.126. The zero-order valence-corrected chi connectivity index (χ0v) is 9.54. The smallest absolute Gasteiger partial charge is 0.239 e. The van der Waals surface area contributed by atoms with Crippen LogP contribution in [0.25, 0.3) is 0 Å². The molecule has 0 saturated carbocycles. The normalized spacial score (nSPS) is 20.2. The lowest BCUT2D eigenvalue weighted by Gasteiger charge is -2.22. The van der Waals surface area contributed by atoms with Crippen molar-refractivity contribution in [3.05, 3.63) is 0 Å². The standard InChI is InChI=1S/C10H19N3O3/c1-2-11-9(14)3-4-13-10(15)8-7-16-6-5-12-8/h8,12H,2-7H2,1H3,(H,11,14)(H,13,15). The van der Waals surface area contributed by atoms with Crippen molar-refractivity contribution in [1.82, 2.24) is 16.0 Å². The van der Waals surface area contributed by atoms with Crippen LogP contribution in [0.1, 0.15) is 13.3 Å². The van der Waals surface area contributed by atoms with Gasteiger partial charge in [-0.15, -0.1) is 0 Å². The lowest BCUT2D eigenvalue weighted by Crippen LogP contribution is -2.51.